The summed E-state index contributed by atoms with van der Waals surface area (Å²) in [6.07, 6.45) is 3.03. The van der Waals surface area contributed by atoms with Crippen molar-refractivity contribution in [2.24, 2.45) is 5.73 Å². The zero-order valence-corrected chi connectivity index (χ0v) is 10.7. The van der Waals surface area contributed by atoms with E-state index in [-0.39, 0.29) is 6.61 Å². The van der Waals surface area contributed by atoms with Crippen molar-refractivity contribution < 1.29 is 9.84 Å². The minimum Gasteiger partial charge on any atom is -0.478 e. The van der Waals surface area contributed by atoms with Crippen molar-refractivity contribution in [2.45, 2.75) is 25.3 Å². The lowest BCUT2D eigenvalue weighted by atomic mass is 9.89. The number of aliphatic hydroxyl groups is 1. The van der Waals surface area contributed by atoms with Crippen molar-refractivity contribution in [3.63, 3.8) is 0 Å². The van der Waals surface area contributed by atoms with Gasteiger partial charge in [0.2, 0.25) is 5.88 Å². The molecule has 0 atom stereocenters. The van der Waals surface area contributed by atoms with Gasteiger partial charge in [0.15, 0.2) is 0 Å². The number of aromatic nitrogens is 2. The quantitative estimate of drug-likeness (QED) is 0.794. The summed E-state index contributed by atoms with van der Waals surface area (Å²) in [5, 5.41) is 9.23. The first-order valence-electron chi connectivity index (χ1n) is 6.26. The van der Waals surface area contributed by atoms with Gasteiger partial charge in [-0.2, -0.15) is 0 Å². The van der Waals surface area contributed by atoms with Crippen molar-refractivity contribution in [1.29, 1.82) is 0 Å². The Balaban J connectivity index is 2.03. The minimum atomic E-state index is -0.438. The van der Waals surface area contributed by atoms with E-state index in [2.05, 4.69) is 14.9 Å². The van der Waals surface area contributed by atoms with E-state index in [1.54, 1.807) is 0 Å². The number of ether oxygens (including phenoxy) is 1. The van der Waals surface area contributed by atoms with Gasteiger partial charge in [-0.3, -0.25) is 0 Å². The van der Waals surface area contributed by atoms with E-state index in [0.717, 1.165) is 31.7 Å². The van der Waals surface area contributed by atoms with Crippen LogP contribution in [-0.2, 0) is 0 Å². The zero-order chi connectivity index (χ0) is 13.0. The van der Waals surface area contributed by atoms with Crippen LogP contribution in [0.2, 0.25) is 0 Å². The molecular formula is C12H20N4O2. The van der Waals surface area contributed by atoms with Crippen LogP contribution in [0, 0.1) is 0 Å². The zero-order valence-electron chi connectivity index (χ0n) is 10.7. The second-order valence-electron chi connectivity index (χ2n) is 4.65. The van der Waals surface area contributed by atoms with Gasteiger partial charge in [0.25, 0.3) is 0 Å². The van der Waals surface area contributed by atoms with Crippen molar-refractivity contribution in [3.05, 3.63) is 12.4 Å². The molecular weight excluding hydrogens is 232 g/mol. The fourth-order valence-corrected chi connectivity index (χ4v) is 2.07. The number of hydrogen-bond acceptors (Lipinski definition) is 6. The Bertz CT molecular complexity index is 391. The summed E-state index contributed by atoms with van der Waals surface area (Å²) in [6.45, 7) is 4.13. The largest absolute Gasteiger partial charge is 0.478 e. The summed E-state index contributed by atoms with van der Waals surface area (Å²) < 4.78 is 5.36. The summed E-state index contributed by atoms with van der Waals surface area (Å²) in [4.78, 5) is 10.4. The van der Waals surface area contributed by atoms with E-state index in [1.165, 1.54) is 6.33 Å². The predicted molar refractivity (Wildman–Crippen MR) is 68.7 cm³/mol. The highest BCUT2D eigenvalue weighted by molar-refractivity contribution is 5.41. The molecule has 0 aliphatic carbocycles. The predicted octanol–water partition coefficient (Wildman–Crippen LogP) is 0.165. The Hall–Kier alpha value is -1.40. The molecule has 0 amide bonds. The van der Waals surface area contributed by atoms with Gasteiger partial charge in [0, 0.05) is 24.7 Å². The fraction of sp³-hybridized carbons (Fsp3) is 0.667. The first kappa shape index (κ1) is 13.0. The highest BCUT2D eigenvalue weighted by Gasteiger charge is 2.30. The molecule has 1 aromatic heterocycles. The smallest absolute Gasteiger partial charge is 0.218 e. The maximum Gasteiger partial charge on any atom is 0.218 e. The van der Waals surface area contributed by atoms with Gasteiger partial charge in [-0.15, -0.1) is 0 Å². The van der Waals surface area contributed by atoms with Crippen LogP contribution in [0.4, 0.5) is 5.82 Å². The normalized spacial score (nSPS) is 18.7. The monoisotopic (exact) mass is 252 g/mol. The average molecular weight is 252 g/mol. The topological polar surface area (TPSA) is 84.5 Å². The third kappa shape index (κ3) is 2.88. The standard InChI is InChI=1S/C12H20N4O2/c1-2-18-11-7-10(14-9-15-11)16-5-3-12(13,8-17)4-6-16/h7,9,17H,2-6,8,13H2,1H3. The van der Waals surface area contributed by atoms with Gasteiger partial charge >= 0.3 is 0 Å². The third-order valence-corrected chi connectivity index (χ3v) is 3.32. The van der Waals surface area contributed by atoms with E-state index in [9.17, 15) is 5.11 Å². The van der Waals surface area contributed by atoms with Crippen LogP contribution in [0.1, 0.15) is 19.8 Å². The van der Waals surface area contributed by atoms with E-state index < -0.39 is 5.54 Å². The van der Waals surface area contributed by atoms with Gasteiger partial charge in [0.05, 0.1) is 13.2 Å². The molecule has 0 spiro atoms. The maximum absolute atomic E-state index is 9.23. The van der Waals surface area contributed by atoms with Crippen LogP contribution in [0.5, 0.6) is 5.88 Å². The lowest BCUT2D eigenvalue weighted by Crippen LogP contribution is -2.53. The molecule has 0 saturated carbocycles. The van der Waals surface area contributed by atoms with Crippen molar-refractivity contribution in [1.82, 2.24) is 9.97 Å². The molecule has 6 heteroatoms. The van der Waals surface area contributed by atoms with E-state index in [1.807, 2.05) is 13.0 Å². The van der Waals surface area contributed by atoms with E-state index in [0.29, 0.717) is 12.5 Å². The number of aliphatic hydroxyl groups excluding tert-OH is 1. The number of piperidine rings is 1. The molecule has 1 aliphatic heterocycles. The molecule has 2 rings (SSSR count). The van der Waals surface area contributed by atoms with E-state index in [4.69, 9.17) is 10.5 Å². The van der Waals surface area contributed by atoms with Crippen LogP contribution in [0.3, 0.4) is 0 Å². The lowest BCUT2D eigenvalue weighted by Gasteiger charge is -2.38. The Morgan fingerprint density at radius 1 is 1.44 bits per heavy atom. The molecule has 18 heavy (non-hydrogen) atoms. The molecule has 0 radical (unpaired) electrons. The van der Waals surface area contributed by atoms with Crippen LogP contribution in [0.25, 0.3) is 0 Å². The van der Waals surface area contributed by atoms with Gasteiger partial charge in [-0.1, -0.05) is 0 Å². The highest BCUT2D eigenvalue weighted by atomic mass is 16.5. The third-order valence-electron chi connectivity index (χ3n) is 3.32. The number of hydrogen-bond donors (Lipinski definition) is 2. The highest BCUT2D eigenvalue weighted by Crippen LogP contribution is 2.24. The Labute approximate surface area is 107 Å². The van der Waals surface area contributed by atoms with Crippen LogP contribution >= 0.6 is 0 Å². The van der Waals surface area contributed by atoms with Gasteiger partial charge in [0.1, 0.15) is 12.1 Å². The number of nitrogens with two attached hydrogens (primary N) is 1. The fourth-order valence-electron chi connectivity index (χ4n) is 2.07. The Morgan fingerprint density at radius 3 is 2.78 bits per heavy atom. The van der Waals surface area contributed by atoms with Crippen molar-refractivity contribution in [3.8, 4) is 5.88 Å². The van der Waals surface area contributed by atoms with Crippen molar-refractivity contribution in [2.75, 3.05) is 31.2 Å². The summed E-state index contributed by atoms with van der Waals surface area (Å²) in [5.74, 6) is 1.45. The molecule has 1 fully saturated rings. The van der Waals surface area contributed by atoms with Gasteiger partial charge < -0.3 is 20.5 Å². The number of rotatable bonds is 4. The van der Waals surface area contributed by atoms with Crippen LogP contribution < -0.4 is 15.4 Å². The molecule has 0 bridgehead atoms. The summed E-state index contributed by atoms with van der Waals surface area (Å²) >= 11 is 0. The number of anilines is 1. The second kappa shape index (κ2) is 5.49. The van der Waals surface area contributed by atoms with Crippen LogP contribution in [0.15, 0.2) is 12.4 Å². The molecule has 6 nitrogen and oxygen atoms in total. The Morgan fingerprint density at radius 2 is 2.17 bits per heavy atom. The molecule has 3 N–H and O–H groups in total. The van der Waals surface area contributed by atoms with Gasteiger partial charge in [-0.25, -0.2) is 9.97 Å². The molecule has 2 heterocycles. The molecule has 100 valence electrons. The summed E-state index contributed by atoms with van der Waals surface area (Å²) in [7, 11) is 0. The maximum atomic E-state index is 9.23. The second-order valence-corrected chi connectivity index (χ2v) is 4.65. The van der Waals surface area contributed by atoms with E-state index >= 15 is 0 Å². The van der Waals surface area contributed by atoms with Crippen LogP contribution in [-0.4, -0.2) is 46.9 Å². The van der Waals surface area contributed by atoms with Gasteiger partial charge in [-0.05, 0) is 19.8 Å². The molecule has 1 aliphatic rings. The Kier molecular flexibility index (Phi) is 3.98. The average Bonchev–Trinajstić information content (AvgIpc) is 2.40. The number of nitrogens with zero attached hydrogens (tertiary/aromatic N) is 3. The molecule has 0 unspecified atom stereocenters. The lowest BCUT2D eigenvalue weighted by molar-refractivity contribution is 0.170. The molecule has 0 aromatic carbocycles. The molecule has 1 saturated heterocycles. The first-order chi connectivity index (χ1) is 8.67. The summed E-state index contributed by atoms with van der Waals surface area (Å²) in [6, 6.07) is 1.84. The first-order valence-corrected chi connectivity index (χ1v) is 6.26. The minimum absolute atomic E-state index is 0.0365. The van der Waals surface area contributed by atoms with Crippen molar-refractivity contribution >= 4 is 5.82 Å². The summed E-state index contributed by atoms with van der Waals surface area (Å²) in [5.41, 5.74) is 5.60. The molecule has 1 aromatic rings. The SMILES string of the molecule is CCOc1cc(N2CCC(N)(CO)CC2)ncn1.